The van der Waals surface area contributed by atoms with Crippen molar-refractivity contribution in [2.75, 3.05) is 7.11 Å². The van der Waals surface area contributed by atoms with E-state index < -0.39 is 47.2 Å². The zero-order valence-corrected chi connectivity index (χ0v) is 16.7. The third-order valence-corrected chi connectivity index (χ3v) is 8.44. The van der Waals surface area contributed by atoms with Crippen LogP contribution in [-0.2, 0) is 24.4 Å². The number of ether oxygens (including phenoxy) is 1. The minimum Gasteiger partial charge on any atom is -0.373 e. The lowest BCUT2D eigenvalue weighted by atomic mass is 10.1. The number of fused-ring (bicyclic) bond motifs is 2. The molecule has 0 N–H and O–H groups in total. The fourth-order valence-corrected chi connectivity index (χ4v) is 6.56. The van der Waals surface area contributed by atoms with Crippen LogP contribution in [0.2, 0.25) is 0 Å². The van der Waals surface area contributed by atoms with Crippen molar-refractivity contribution in [2.24, 2.45) is 0 Å². The first-order valence-corrected chi connectivity index (χ1v) is 11.4. The van der Waals surface area contributed by atoms with E-state index in [0.717, 1.165) is 12.2 Å². The highest BCUT2D eigenvalue weighted by Gasteiger charge is 2.41. The molecular weight excluding hydrogens is 416 g/mol. The first-order chi connectivity index (χ1) is 13.7. The van der Waals surface area contributed by atoms with Crippen molar-refractivity contribution in [1.29, 1.82) is 0 Å². The van der Waals surface area contributed by atoms with Crippen molar-refractivity contribution in [3.05, 3.63) is 81.6 Å². The number of carbonyl (C=O) groups is 2. The standard InChI is InChI=1S/C20H14O7S2/c1-27-12(10-17-19(21)13-6-2-4-8-15(13)28(17,23)24)11-18-20(22)14-7-3-5-9-16(14)29(18,25)26/h2-12H,1H3. The van der Waals surface area contributed by atoms with Gasteiger partial charge in [0.15, 0.2) is 0 Å². The summed E-state index contributed by atoms with van der Waals surface area (Å²) in [6, 6.07) is 11.6. The van der Waals surface area contributed by atoms with Gasteiger partial charge in [-0.15, -0.1) is 0 Å². The number of sulfone groups is 2. The highest BCUT2D eigenvalue weighted by atomic mass is 32.2. The van der Waals surface area contributed by atoms with Gasteiger partial charge in [0.25, 0.3) is 0 Å². The van der Waals surface area contributed by atoms with Crippen molar-refractivity contribution >= 4 is 31.2 Å². The van der Waals surface area contributed by atoms with Crippen LogP contribution in [0.15, 0.2) is 80.3 Å². The van der Waals surface area contributed by atoms with Gasteiger partial charge in [0.1, 0.15) is 9.81 Å². The number of hydrogen-bond donors (Lipinski definition) is 0. The number of hydrogen-bond acceptors (Lipinski definition) is 7. The van der Waals surface area contributed by atoms with Crippen LogP contribution in [0.25, 0.3) is 0 Å². The van der Waals surface area contributed by atoms with E-state index in [4.69, 9.17) is 4.74 Å². The van der Waals surface area contributed by atoms with Crippen molar-refractivity contribution in [3.8, 4) is 0 Å². The molecule has 0 aromatic heterocycles. The van der Waals surface area contributed by atoms with E-state index in [-0.39, 0.29) is 20.9 Å². The normalized spacial score (nSPS) is 22.7. The molecule has 2 heterocycles. The Hall–Kier alpha value is -2.88. The lowest BCUT2D eigenvalue weighted by Gasteiger charge is -2.08. The fraction of sp³-hybridized carbons (Fsp3) is 0.100. The predicted octanol–water partition coefficient (Wildman–Crippen LogP) is 2.11. The summed E-state index contributed by atoms with van der Waals surface area (Å²) >= 11 is 0. The number of carbonyl (C=O) groups excluding carboxylic acids is 2. The Labute approximate surface area is 167 Å². The first-order valence-electron chi connectivity index (χ1n) is 8.43. The summed E-state index contributed by atoms with van der Waals surface area (Å²) in [6.45, 7) is 0. The molecule has 2 aliphatic heterocycles. The third kappa shape index (κ3) is 2.81. The number of methoxy groups -OCH3 is 1. The van der Waals surface area contributed by atoms with Gasteiger partial charge in [-0.1, -0.05) is 24.3 Å². The minimum atomic E-state index is -4.06. The average molecular weight is 430 g/mol. The van der Waals surface area contributed by atoms with Crippen LogP contribution < -0.4 is 0 Å². The molecule has 0 aliphatic carbocycles. The van der Waals surface area contributed by atoms with Crippen LogP contribution in [0.3, 0.4) is 0 Å². The van der Waals surface area contributed by atoms with Crippen LogP contribution in [0, 0.1) is 0 Å². The summed E-state index contributed by atoms with van der Waals surface area (Å²) in [4.78, 5) is 23.9. The Balaban J connectivity index is 1.81. The second-order valence-electron chi connectivity index (χ2n) is 6.42. The van der Waals surface area contributed by atoms with Crippen molar-refractivity contribution in [3.63, 3.8) is 0 Å². The molecule has 148 valence electrons. The van der Waals surface area contributed by atoms with Crippen LogP contribution in [0.4, 0.5) is 0 Å². The summed E-state index contributed by atoms with van der Waals surface area (Å²) in [5.74, 6) is -1.41. The van der Waals surface area contributed by atoms with E-state index in [2.05, 4.69) is 0 Å². The van der Waals surface area contributed by atoms with Crippen molar-refractivity contribution < 1.29 is 31.2 Å². The van der Waals surface area contributed by atoms with Crippen molar-refractivity contribution in [2.45, 2.75) is 15.9 Å². The molecule has 0 saturated heterocycles. The Morgan fingerprint density at radius 1 is 0.724 bits per heavy atom. The monoisotopic (exact) mass is 430 g/mol. The highest BCUT2D eigenvalue weighted by molar-refractivity contribution is 7.97. The van der Waals surface area contributed by atoms with E-state index in [9.17, 15) is 26.4 Å². The minimum absolute atomic E-state index is 0.0400. The summed E-state index contributed by atoms with van der Waals surface area (Å²) in [6.07, 6.45) is 0.827. The molecule has 0 spiro atoms. The lowest BCUT2D eigenvalue weighted by Crippen LogP contribution is -2.13. The Morgan fingerprint density at radius 2 is 1.10 bits per heavy atom. The maximum Gasteiger partial charge on any atom is 0.211 e. The molecule has 29 heavy (non-hydrogen) atoms. The molecule has 2 aromatic rings. The number of rotatable bonds is 3. The largest absolute Gasteiger partial charge is 0.373 e. The molecule has 0 fully saturated rings. The maximum atomic E-state index is 12.7. The van der Waals surface area contributed by atoms with Gasteiger partial charge in [-0.2, -0.15) is 0 Å². The van der Waals surface area contributed by atoms with Gasteiger partial charge in [-0.05, 0) is 36.4 Å². The van der Waals surface area contributed by atoms with Gasteiger partial charge in [-0.25, -0.2) is 16.8 Å². The van der Waals surface area contributed by atoms with Gasteiger partial charge in [0.05, 0.1) is 15.9 Å². The van der Waals surface area contributed by atoms with Gasteiger partial charge >= 0.3 is 0 Å². The van der Waals surface area contributed by atoms with E-state index >= 15 is 0 Å². The molecule has 2 aliphatic rings. The van der Waals surface area contributed by atoms with Crippen molar-refractivity contribution in [1.82, 2.24) is 0 Å². The first kappa shape index (κ1) is 19.4. The van der Waals surface area contributed by atoms with Gasteiger partial charge in [-0.3, -0.25) is 9.59 Å². The molecular formula is C20H14O7S2. The number of ketones is 2. The number of allylic oxidation sites excluding steroid dienone is 2. The zero-order valence-electron chi connectivity index (χ0n) is 15.0. The Kier molecular flexibility index (Phi) is 4.41. The predicted molar refractivity (Wildman–Crippen MR) is 103 cm³/mol. The summed E-state index contributed by atoms with van der Waals surface area (Å²) < 4.78 is 56.0. The zero-order chi connectivity index (χ0) is 21.0. The molecule has 0 radical (unpaired) electrons. The van der Waals surface area contributed by atoms with Gasteiger partial charge in [0.2, 0.25) is 31.2 Å². The quantitative estimate of drug-likeness (QED) is 0.686. The third-order valence-electron chi connectivity index (χ3n) is 4.77. The lowest BCUT2D eigenvalue weighted by molar-refractivity contribution is 0.103. The van der Waals surface area contributed by atoms with E-state index in [1.54, 1.807) is 12.1 Å². The second-order valence-corrected chi connectivity index (χ2v) is 10.2. The summed E-state index contributed by atoms with van der Waals surface area (Å²) in [5, 5.41) is 0. The molecule has 9 heteroatoms. The molecule has 7 nitrogen and oxygen atoms in total. The highest BCUT2D eigenvalue weighted by Crippen LogP contribution is 2.36. The molecule has 0 atom stereocenters. The van der Waals surface area contributed by atoms with Gasteiger partial charge < -0.3 is 4.74 Å². The fourth-order valence-electron chi connectivity index (χ4n) is 3.34. The molecule has 0 saturated carbocycles. The molecule has 0 unspecified atom stereocenters. The maximum absolute atomic E-state index is 12.7. The summed E-state index contributed by atoms with van der Waals surface area (Å²) in [5.41, 5.74) is 0.0800. The van der Waals surface area contributed by atoms with Crippen LogP contribution >= 0.6 is 0 Å². The van der Waals surface area contributed by atoms with Gasteiger partial charge in [0, 0.05) is 18.2 Å². The number of benzene rings is 2. The van der Waals surface area contributed by atoms with E-state index in [1.807, 2.05) is 0 Å². The SMILES string of the molecule is COC(C=C1C(=O)c2ccccc2S1(=O)=O)C=C1C(=O)c2ccccc2S1(=O)=O. The second kappa shape index (κ2) is 6.58. The molecule has 0 amide bonds. The molecule has 0 bridgehead atoms. The Morgan fingerprint density at radius 3 is 1.45 bits per heavy atom. The van der Waals surface area contributed by atoms with E-state index in [0.29, 0.717) is 0 Å². The molecule has 2 aromatic carbocycles. The van der Waals surface area contributed by atoms with Crippen LogP contribution in [-0.4, -0.2) is 41.6 Å². The smallest absolute Gasteiger partial charge is 0.211 e. The topological polar surface area (TPSA) is 112 Å². The van der Waals surface area contributed by atoms with Crippen LogP contribution in [0.5, 0.6) is 0 Å². The summed E-state index contributed by atoms with van der Waals surface area (Å²) in [7, 11) is -6.91. The average Bonchev–Trinajstić information content (AvgIpc) is 3.02. The Bertz CT molecular complexity index is 1240. The van der Waals surface area contributed by atoms with E-state index in [1.165, 1.54) is 43.5 Å². The molecule has 4 rings (SSSR count). The number of Topliss-reactive ketones (excluding diaryl/α,β-unsaturated/α-hetero) is 2. The van der Waals surface area contributed by atoms with Crippen LogP contribution in [0.1, 0.15) is 20.7 Å².